The van der Waals surface area contributed by atoms with E-state index >= 15 is 0 Å². The zero-order chi connectivity index (χ0) is 66.3. The maximum atomic E-state index is 14.2. The molecule has 0 saturated heterocycles. The second kappa shape index (κ2) is 22.8. The van der Waals surface area contributed by atoms with Crippen molar-refractivity contribution in [1.82, 2.24) is 73.7 Å². The summed E-state index contributed by atoms with van der Waals surface area (Å²) in [6.45, 7) is 0. The summed E-state index contributed by atoms with van der Waals surface area (Å²) in [7, 11) is 0. The van der Waals surface area contributed by atoms with Gasteiger partial charge in [-0.1, -0.05) is 0 Å². The molecule has 0 aliphatic heterocycles. The van der Waals surface area contributed by atoms with Gasteiger partial charge in [0, 0.05) is 72.3 Å². The first-order valence-electron chi connectivity index (χ1n) is 23.8. The summed E-state index contributed by atoms with van der Waals surface area (Å²) in [4.78, 5) is 21.8. The average Bonchev–Trinajstić information content (AvgIpc) is 1.00. The molecule has 3 fully saturated rings. The quantitative estimate of drug-likeness (QED) is 0.124. The van der Waals surface area contributed by atoms with E-state index < -0.39 is 144 Å². The fourth-order valence-electron chi connectivity index (χ4n) is 7.94. The number of pyridine rings is 3. The molecule has 0 radical (unpaired) electrons. The van der Waals surface area contributed by atoms with E-state index in [2.05, 4.69) is 74.7 Å². The maximum Gasteiger partial charge on any atom is 0.452 e. The Morgan fingerprint density at radius 2 is 0.633 bits per heavy atom. The fourth-order valence-corrected chi connectivity index (χ4v) is 7.94. The Balaban J connectivity index is 0.000000156. The van der Waals surface area contributed by atoms with Gasteiger partial charge in [-0.3, -0.25) is 28.2 Å². The van der Waals surface area contributed by atoms with E-state index in [0.717, 1.165) is 55.8 Å². The molecule has 0 amide bonds. The average molecular weight is 1340 g/mol. The van der Waals surface area contributed by atoms with Crippen molar-refractivity contribution in [3.05, 3.63) is 109 Å². The molecule has 9 aromatic heterocycles. The van der Waals surface area contributed by atoms with Gasteiger partial charge in [-0.05, 0) is 18.2 Å². The highest BCUT2D eigenvalue weighted by Crippen LogP contribution is 2.55. The van der Waals surface area contributed by atoms with Crippen LogP contribution >= 0.6 is 12.1 Å². The van der Waals surface area contributed by atoms with Crippen LogP contribution in [-0.2, 0) is 18.5 Å². The van der Waals surface area contributed by atoms with Crippen molar-refractivity contribution in [1.29, 1.82) is 0 Å². The lowest BCUT2D eigenvalue weighted by molar-refractivity contribution is -0.325. The number of ether oxygens (including phenoxy) is 3. The summed E-state index contributed by atoms with van der Waals surface area (Å²) in [5, 5.41) is 19.0. The van der Waals surface area contributed by atoms with Crippen molar-refractivity contribution in [3.63, 3.8) is 0 Å². The standard InChI is InChI=1S/3C15H7F8N5O.CH3FS/c3*16-7-1-6(3-25-11(7)29-9-2-13(17,18)14(9,19)20)8-5-28-10(4-24-8)26-27-12(28)15(21,22)23;1-3-2/h3*1,3-5,9H,2H2;1H3/t2*9-;;/m10../s1. The van der Waals surface area contributed by atoms with E-state index in [1.54, 1.807) is 0 Å². The van der Waals surface area contributed by atoms with Crippen molar-refractivity contribution in [2.75, 3.05) is 6.26 Å². The second-order valence-electron chi connectivity index (χ2n) is 18.7. The van der Waals surface area contributed by atoms with Gasteiger partial charge in [-0.15, -0.1) is 30.6 Å². The Kier molecular flexibility index (Phi) is 16.6. The van der Waals surface area contributed by atoms with Crippen LogP contribution in [0.15, 0.2) is 74.0 Å². The molecule has 3 saturated carbocycles. The second-order valence-corrected chi connectivity index (χ2v) is 19.0. The Bertz CT molecular complexity index is 3730. The van der Waals surface area contributed by atoms with Crippen molar-refractivity contribution >= 4 is 29.1 Å². The highest BCUT2D eigenvalue weighted by atomic mass is 32.2. The van der Waals surface area contributed by atoms with Gasteiger partial charge in [0.2, 0.25) is 17.5 Å². The summed E-state index contributed by atoms with van der Waals surface area (Å²) in [5.41, 5.74) is -1.52. The molecule has 12 rings (SSSR count). The lowest BCUT2D eigenvalue weighted by Crippen LogP contribution is -2.64. The van der Waals surface area contributed by atoms with Crippen LogP contribution in [0.3, 0.4) is 0 Å². The minimum absolute atomic E-state index is 0.121. The summed E-state index contributed by atoms with van der Waals surface area (Å²) >= 11 is 0.250. The first-order chi connectivity index (χ1) is 41.6. The smallest absolute Gasteiger partial charge is 0.452 e. The van der Waals surface area contributed by atoms with E-state index in [9.17, 15) is 109 Å². The molecule has 3 aliphatic carbocycles. The molecule has 0 bridgehead atoms. The zero-order valence-corrected chi connectivity index (χ0v) is 43.9. The zero-order valence-electron chi connectivity index (χ0n) is 43.1. The van der Waals surface area contributed by atoms with Gasteiger partial charge in [0.1, 0.15) is 0 Å². The molecule has 1 unspecified atom stereocenters. The minimum Gasteiger partial charge on any atom is -0.465 e. The van der Waals surface area contributed by atoms with E-state index in [1.165, 1.54) is 6.26 Å². The third-order valence-corrected chi connectivity index (χ3v) is 12.7. The van der Waals surface area contributed by atoms with Crippen LogP contribution in [0.1, 0.15) is 36.7 Å². The minimum atomic E-state index is -4.81. The number of halogens is 25. The first-order valence-corrected chi connectivity index (χ1v) is 25.0. The van der Waals surface area contributed by atoms with Gasteiger partial charge in [0.25, 0.3) is 17.6 Å². The SMILES string of the molecule is CSF.Fc1cc(-c2cn3c(C(F)(F)F)nnc3cn2)cnc1OC1CC(F)(F)C1(F)F.Fc1cc(-c2cn3c(C(F)(F)F)nnc3cn2)cnc1O[C@@H]1CC(F)(F)C1(F)F.Fc1cc(-c2cn3c(C(F)(F)F)nnc3cn2)cnc1O[C@H]1CC(F)(F)C1(F)F. The lowest BCUT2D eigenvalue weighted by atomic mass is 9.85. The molecule has 0 N–H and O–H groups in total. The van der Waals surface area contributed by atoms with Gasteiger partial charge in [0.05, 0.1) is 54.9 Å². The summed E-state index contributed by atoms with van der Waals surface area (Å²) < 4.78 is 341. The molecule has 9 aromatic rings. The first kappa shape index (κ1) is 65.5. The van der Waals surface area contributed by atoms with Crippen LogP contribution in [0, 0.1) is 17.5 Å². The molecular weight excluding hydrogens is 1320 g/mol. The van der Waals surface area contributed by atoms with E-state index in [4.69, 9.17) is 0 Å². The molecule has 90 heavy (non-hydrogen) atoms. The van der Waals surface area contributed by atoms with Crippen LogP contribution in [0.2, 0.25) is 0 Å². The lowest BCUT2D eigenvalue weighted by Gasteiger charge is -2.42. The molecule has 18 nitrogen and oxygen atoms in total. The molecule has 3 aliphatic rings. The molecular formula is C46H24F25N15O3S. The van der Waals surface area contributed by atoms with Crippen LogP contribution in [0.5, 0.6) is 17.6 Å². The maximum absolute atomic E-state index is 14.2. The van der Waals surface area contributed by atoms with E-state index in [1.807, 2.05) is 0 Å². The number of fused-ring (bicyclic) bond motifs is 3. The summed E-state index contributed by atoms with van der Waals surface area (Å²) in [5.74, 6) is -36.9. The van der Waals surface area contributed by atoms with Gasteiger partial charge in [-0.2, -0.15) is 96.1 Å². The van der Waals surface area contributed by atoms with Crippen molar-refractivity contribution < 1.29 is 123 Å². The van der Waals surface area contributed by atoms with Crippen LogP contribution in [-0.4, -0.2) is 134 Å². The molecule has 9 heterocycles. The third kappa shape index (κ3) is 12.3. The Hall–Kier alpha value is -8.90. The molecule has 44 heteroatoms. The number of alkyl halides is 21. The number of nitrogens with zero attached hydrogens (tertiary/aromatic N) is 15. The topological polar surface area (TPSA) is 196 Å². The molecule has 0 aromatic carbocycles. The highest BCUT2D eigenvalue weighted by Gasteiger charge is 2.75. The molecule has 482 valence electrons. The highest BCUT2D eigenvalue weighted by molar-refractivity contribution is 7.93. The Morgan fingerprint density at radius 1 is 0.400 bits per heavy atom. The predicted octanol–water partition coefficient (Wildman–Crippen LogP) is 12.5. The van der Waals surface area contributed by atoms with Gasteiger partial charge in [0.15, 0.2) is 52.7 Å². The monoisotopic (exact) mass is 1340 g/mol. The van der Waals surface area contributed by atoms with Crippen molar-refractivity contribution in [3.8, 4) is 51.4 Å². The summed E-state index contributed by atoms with van der Waals surface area (Å²) in [6, 6.07) is 2.13. The van der Waals surface area contributed by atoms with Gasteiger partial charge >= 0.3 is 54.1 Å². The van der Waals surface area contributed by atoms with Crippen LogP contribution in [0.25, 0.3) is 50.7 Å². The van der Waals surface area contributed by atoms with E-state index in [0.29, 0.717) is 31.4 Å². The summed E-state index contributed by atoms with van der Waals surface area (Å²) in [6.07, 6.45) is -15.6. The Labute approximate surface area is 483 Å². The number of aromatic nitrogens is 15. The number of hydrogen-bond donors (Lipinski definition) is 0. The van der Waals surface area contributed by atoms with Crippen molar-refractivity contribution in [2.24, 2.45) is 0 Å². The molecule has 3 atom stereocenters. The van der Waals surface area contributed by atoms with Crippen LogP contribution in [0.4, 0.5) is 109 Å². The van der Waals surface area contributed by atoms with Gasteiger partial charge in [-0.25, -0.2) is 28.1 Å². The normalized spacial score (nSPS) is 20.0. The predicted molar refractivity (Wildman–Crippen MR) is 248 cm³/mol. The number of rotatable bonds is 9. The third-order valence-electron chi connectivity index (χ3n) is 12.7. The van der Waals surface area contributed by atoms with Gasteiger partial charge < -0.3 is 14.2 Å². The fraction of sp³-hybridized carbons (Fsp3) is 0.348. The van der Waals surface area contributed by atoms with E-state index in [-0.39, 0.29) is 62.9 Å². The molecule has 0 spiro atoms. The number of hydrogen-bond acceptors (Lipinski definition) is 16. The van der Waals surface area contributed by atoms with Crippen LogP contribution < -0.4 is 14.2 Å². The van der Waals surface area contributed by atoms with Crippen molar-refractivity contribution in [2.45, 2.75) is 91.6 Å². The largest absolute Gasteiger partial charge is 0.465 e. The Morgan fingerprint density at radius 3 is 0.822 bits per heavy atom.